The molecule has 0 aromatic heterocycles. The number of hydrogen-bond acceptors (Lipinski definition) is 3. The molecule has 3 atom stereocenters. The van der Waals surface area contributed by atoms with Crippen LogP contribution in [0.2, 0.25) is 0 Å². The van der Waals surface area contributed by atoms with Crippen molar-refractivity contribution in [2.75, 3.05) is 13.6 Å². The van der Waals surface area contributed by atoms with E-state index in [1.54, 1.807) is 6.92 Å². The van der Waals surface area contributed by atoms with Gasteiger partial charge >= 0.3 is 5.97 Å². The van der Waals surface area contributed by atoms with Crippen LogP contribution in [0.15, 0.2) is 0 Å². The first-order chi connectivity index (χ1) is 8.95. The predicted octanol–water partition coefficient (Wildman–Crippen LogP) is 2.97. The van der Waals surface area contributed by atoms with Gasteiger partial charge in [0, 0.05) is 12.1 Å². The fourth-order valence-corrected chi connectivity index (χ4v) is 2.36. The largest absolute Gasteiger partial charge is 0.480 e. The van der Waals surface area contributed by atoms with E-state index in [2.05, 4.69) is 51.9 Å². The van der Waals surface area contributed by atoms with Gasteiger partial charge in [0.05, 0.1) is 0 Å². The quantitative estimate of drug-likeness (QED) is 0.720. The molecule has 0 saturated carbocycles. The van der Waals surface area contributed by atoms with E-state index < -0.39 is 11.5 Å². The van der Waals surface area contributed by atoms with Crippen LogP contribution in [0, 0.1) is 5.41 Å². The van der Waals surface area contributed by atoms with Crippen molar-refractivity contribution < 1.29 is 9.90 Å². The maximum absolute atomic E-state index is 11.6. The second-order valence-corrected chi connectivity index (χ2v) is 7.32. The summed E-state index contributed by atoms with van der Waals surface area (Å²) in [5.41, 5.74) is -0.680. The molecular formula is C16H34N2O2. The topological polar surface area (TPSA) is 52.6 Å². The third kappa shape index (κ3) is 5.41. The van der Waals surface area contributed by atoms with Crippen LogP contribution >= 0.6 is 0 Å². The zero-order valence-electron chi connectivity index (χ0n) is 14.6. The second kappa shape index (κ2) is 7.41. The fourth-order valence-electron chi connectivity index (χ4n) is 2.36. The predicted molar refractivity (Wildman–Crippen MR) is 85.1 cm³/mol. The van der Waals surface area contributed by atoms with Gasteiger partial charge in [-0.2, -0.15) is 0 Å². The number of hydrogen-bond donors (Lipinski definition) is 2. The van der Waals surface area contributed by atoms with E-state index in [1.165, 1.54) is 0 Å². The summed E-state index contributed by atoms with van der Waals surface area (Å²) in [4.78, 5) is 13.9. The zero-order valence-corrected chi connectivity index (χ0v) is 14.6. The smallest absolute Gasteiger partial charge is 0.323 e. The summed E-state index contributed by atoms with van der Waals surface area (Å²) < 4.78 is 0. The van der Waals surface area contributed by atoms with Crippen molar-refractivity contribution in [3.8, 4) is 0 Å². The van der Waals surface area contributed by atoms with E-state index in [-0.39, 0.29) is 11.5 Å². The Balaban J connectivity index is 4.84. The number of carboxylic acid groups (broad SMARTS) is 1. The first-order valence-electron chi connectivity index (χ1n) is 7.66. The van der Waals surface area contributed by atoms with Crippen molar-refractivity contribution in [3.05, 3.63) is 0 Å². The molecule has 4 nitrogen and oxygen atoms in total. The highest BCUT2D eigenvalue weighted by molar-refractivity contribution is 5.78. The lowest BCUT2D eigenvalue weighted by atomic mass is 9.85. The minimum atomic E-state index is -0.860. The average molecular weight is 286 g/mol. The summed E-state index contributed by atoms with van der Waals surface area (Å²) in [6.07, 6.45) is 1.53. The lowest BCUT2D eigenvalue weighted by Crippen LogP contribution is -2.55. The molecule has 4 heteroatoms. The first kappa shape index (κ1) is 19.4. The third-order valence-electron chi connectivity index (χ3n) is 4.50. The Labute approximate surface area is 124 Å². The van der Waals surface area contributed by atoms with E-state index >= 15 is 0 Å². The van der Waals surface area contributed by atoms with Gasteiger partial charge in [-0.15, -0.1) is 0 Å². The van der Waals surface area contributed by atoms with E-state index in [1.807, 2.05) is 6.92 Å². The van der Waals surface area contributed by atoms with Crippen molar-refractivity contribution in [2.24, 2.45) is 5.41 Å². The average Bonchev–Trinajstić information content (AvgIpc) is 2.33. The standard InChI is InChI=1S/C16H34N2O2/c1-9-10-17-16(7,14(19)20)11-12(2)18(8)13(3)15(4,5)6/h12-13,17H,9-11H2,1-8H3,(H,19,20). The van der Waals surface area contributed by atoms with Crippen molar-refractivity contribution in [3.63, 3.8) is 0 Å². The Kier molecular flexibility index (Phi) is 7.19. The molecule has 0 bridgehead atoms. The van der Waals surface area contributed by atoms with Gasteiger partial charge < -0.3 is 15.3 Å². The SMILES string of the molecule is CCCNC(C)(CC(C)N(C)C(C)C(C)(C)C)C(=O)O. The van der Waals surface area contributed by atoms with Crippen LogP contribution in [-0.2, 0) is 4.79 Å². The molecule has 3 unspecified atom stereocenters. The maximum Gasteiger partial charge on any atom is 0.323 e. The number of rotatable bonds is 8. The van der Waals surface area contributed by atoms with Crippen molar-refractivity contribution in [1.82, 2.24) is 10.2 Å². The molecule has 0 aromatic rings. The van der Waals surface area contributed by atoms with Crippen LogP contribution in [0.3, 0.4) is 0 Å². The number of carboxylic acids is 1. The number of nitrogens with one attached hydrogen (secondary N) is 1. The van der Waals surface area contributed by atoms with Gasteiger partial charge in [-0.1, -0.05) is 27.7 Å². The van der Waals surface area contributed by atoms with Gasteiger partial charge in [0.2, 0.25) is 0 Å². The van der Waals surface area contributed by atoms with Gasteiger partial charge in [-0.3, -0.25) is 4.79 Å². The van der Waals surface area contributed by atoms with Crippen LogP contribution in [-0.4, -0.2) is 47.2 Å². The molecule has 0 radical (unpaired) electrons. The van der Waals surface area contributed by atoms with Crippen molar-refractivity contribution in [2.45, 2.75) is 78.9 Å². The summed E-state index contributed by atoms with van der Waals surface area (Å²) in [5.74, 6) is -0.769. The minimum Gasteiger partial charge on any atom is -0.480 e. The van der Waals surface area contributed by atoms with Gasteiger partial charge in [-0.25, -0.2) is 0 Å². The molecular weight excluding hydrogens is 252 g/mol. The van der Waals surface area contributed by atoms with E-state index in [0.717, 1.165) is 13.0 Å². The van der Waals surface area contributed by atoms with Crippen molar-refractivity contribution in [1.29, 1.82) is 0 Å². The summed E-state index contributed by atoms with van der Waals surface area (Å²) >= 11 is 0. The Morgan fingerprint density at radius 2 is 1.75 bits per heavy atom. The monoisotopic (exact) mass is 286 g/mol. The molecule has 0 aromatic carbocycles. The van der Waals surface area contributed by atoms with E-state index in [4.69, 9.17) is 0 Å². The fraction of sp³-hybridized carbons (Fsp3) is 0.938. The molecule has 0 aliphatic rings. The Morgan fingerprint density at radius 1 is 1.25 bits per heavy atom. The van der Waals surface area contributed by atoms with Gasteiger partial charge in [0.15, 0.2) is 0 Å². The van der Waals surface area contributed by atoms with Crippen LogP contribution < -0.4 is 5.32 Å². The highest BCUT2D eigenvalue weighted by Gasteiger charge is 2.36. The molecule has 0 rings (SSSR count). The molecule has 0 amide bonds. The maximum atomic E-state index is 11.6. The lowest BCUT2D eigenvalue weighted by molar-refractivity contribution is -0.145. The molecule has 0 aliphatic carbocycles. The summed E-state index contributed by atoms with van der Waals surface area (Å²) in [5, 5.41) is 12.7. The molecule has 0 fully saturated rings. The summed E-state index contributed by atoms with van der Waals surface area (Å²) in [6, 6.07) is 0.594. The number of carbonyl (C=O) groups is 1. The van der Waals surface area contributed by atoms with Crippen LogP contribution in [0.5, 0.6) is 0 Å². The van der Waals surface area contributed by atoms with Crippen molar-refractivity contribution >= 4 is 5.97 Å². The molecule has 0 spiro atoms. The minimum absolute atomic E-state index is 0.180. The lowest BCUT2D eigenvalue weighted by Gasteiger charge is -2.41. The molecule has 0 saturated heterocycles. The number of aliphatic carboxylic acids is 1. The van der Waals surface area contributed by atoms with Gasteiger partial charge in [0.1, 0.15) is 5.54 Å². The van der Waals surface area contributed by atoms with E-state index in [9.17, 15) is 9.90 Å². The molecule has 0 heterocycles. The molecule has 0 aliphatic heterocycles. The Morgan fingerprint density at radius 3 is 2.10 bits per heavy atom. The molecule has 20 heavy (non-hydrogen) atoms. The second-order valence-electron chi connectivity index (χ2n) is 7.32. The summed E-state index contributed by atoms with van der Waals surface area (Å²) in [7, 11) is 2.09. The zero-order chi connectivity index (χ0) is 16.1. The summed E-state index contributed by atoms with van der Waals surface area (Å²) in [6.45, 7) is 15.5. The first-order valence-corrected chi connectivity index (χ1v) is 7.66. The van der Waals surface area contributed by atoms with Crippen LogP contribution in [0.1, 0.15) is 61.3 Å². The third-order valence-corrected chi connectivity index (χ3v) is 4.50. The Hall–Kier alpha value is -0.610. The molecule has 2 N–H and O–H groups in total. The Bertz CT molecular complexity index is 312. The van der Waals surface area contributed by atoms with Crippen LogP contribution in [0.25, 0.3) is 0 Å². The van der Waals surface area contributed by atoms with Crippen LogP contribution in [0.4, 0.5) is 0 Å². The highest BCUT2D eigenvalue weighted by Crippen LogP contribution is 2.26. The highest BCUT2D eigenvalue weighted by atomic mass is 16.4. The van der Waals surface area contributed by atoms with Gasteiger partial charge in [-0.05, 0) is 52.6 Å². The molecule has 120 valence electrons. The van der Waals surface area contributed by atoms with Gasteiger partial charge in [0.25, 0.3) is 0 Å². The normalized spacial score (nSPS) is 18.6. The number of nitrogens with zero attached hydrogens (tertiary/aromatic N) is 1. The van der Waals surface area contributed by atoms with E-state index in [0.29, 0.717) is 12.5 Å².